The molecule has 0 atom stereocenters. The second-order valence-electron chi connectivity index (χ2n) is 1.75. The molecule has 0 rings (SSSR count). The van der Waals surface area contributed by atoms with E-state index in [0.717, 1.165) is 25.4 Å². The minimum Gasteiger partial charge on any atom is -0.303 e. The fourth-order valence-electron chi connectivity index (χ4n) is 0.681. The van der Waals surface area contributed by atoms with Crippen LogP contribution in [-0.4, -0.2) is 59.8 Å². The number of hydrogen-bond acceptors (Lipinski definition) is 2. The largest absolute Gasteiger partial charge is 0.303 e. The summed E-state index contributed by atoms with van der Waals surface area (Å²) in [6.45, 7) is 7.77. The number of thiol groups is 1. The molecule has 3 heteroatoms. The first-order chi connectivity index (χ1) is 3.85. The van der Waals surface area contributed by atoms with Gasteiger partial charge < -0.3 is 4.90 Å². The summed E-state index contributed by atoms with van der Waals surface area (Å²) in [7, 11) is 0. The quantitative estimate of drug-likeness (QED) is 0.467. The van der Waals surface area contributed by atoms with Gasteiger partial charge in [-0.05, 0) is 13.1 Å². The van der Waals surface area contributed by atoms with Gasteiger partial charge in [0, 0.05) is 41.9 Å². The molecule has 0 amide bonds. The number of hydrogen-bond donors (Lipinski definition) is 1. The first kappa shape index (κ1) is 12.9. The summed E-state index contributed by atoms with van der Waals surface area (Å²) >= 11 is 4.13. The maximum absolute atomic E-state index is 4.13. The van der Waals surface area contributed by atoms with Gasteiger partial charge in [-0.3, -0.25) is 0 Å². The standard InChI is InChI=1S/C6H15NS.Na/c1-3-7(4-2)5-6-8;/h8H,3-6H2,1-2H3;. The zero-order chi connectivity index (χ0) is 6.41. The van der Waals surface area contributed by atoms with Gasteiger partial charge in [0.05, 0.1) is 0 Å². The molecule has 0 aromatic carbocycles. The smallest absolute Gasteiger partial charge is 0.00696 e. The van der Waals surface area contributed by atoms with Crippen molar-refractivity contribution in [3.8, 4) is 0 Å². The van der Waals surface area contributed by atoms with Crippen molar-refractivity contribution in [2.75, 3.05) is 25.4 Å². The molecule has 0 aromatic rings. The Morgan fingerprint density at radius 2 is 1.67 bits per heavy atom. The molecule has 51 valence electrons. The van der Waals surface area contributed by atoms with Crippen molar-refractivity contribution in [2.24, 2.45) is 0 Å². The Hall–Kier alpha value is 1.31. The predicted octanol–water partition coefficient (Wildman–Crippen LogP) is 0.877. The Bertz CT molecular complexity index is 48.3. The van der Waals surface area contributed by atoms with Crippen LogP contribution in [0.15, 0.2) is 0 Å². The molecule has 0 heterocycles. The van der Waals surface area contributed by atoms with Gasteiger partial charge in [0.1, 0.15) is 0 Å². The summed E-state index contributed by atoms with van der Waals surface area (Å²) in [6.07, 6.45) is 0. The predicted molar refractivity (Wildman–Crippen MR) is 47.4 cm³/mol. The second-order valence-corrected chi connectivity index (χ2v) is 2.20. The van der Waals surface area contributed by atoms with Gasteiger partial charge in [0.2, 0.25) is 0 Å². The SMILES string of the molecule is CCN(CC)CCS.[Na]. The fourth-order valence-corrected chi connectivity index (χ4v) is 0.964. The third kappa shape index (κ3) is 7.20. The molecule has 0 N–H and O–H groups in total. The second kappa shape index (κ2) is 9.31. The first-order valence-corrected chi connectivity index (χ1v) is 3.81. The average molecular weight is 156 g/mol. The Balaban J connectivity index is 0. The summed E-state index contributed by atoms with van der Waals surface area (Å²) < 4.78 is 0. The van der Waals surface area contributed by atoms with Gasteiger partial charge in [-0.25, -0.2) is 0 Å². The van der Waals surface area contributed by atoms with Crippen molar-refractivity contribution < 1.29 is 0 Å². The van der Waals surface area contributed by atoms with Gasteiger partial charge in [0.25, 0.3) is 0 Å². The van der Waals surface area contributed by atoms with Crippen molar-refractivity contribution in [1.29, 1.82) is 0 Å². The van der Waals surface area contributed by atoms with Crippen LogP contribution in [0.25, 0.3) is 0 Å². The van der Waals surface area contributed by atoms with Crippen LogP contribution < -0.4 is 0 Å². The average Bonchev–Trinajstić information content (AvgIpc) is 1.83. The molecule has 0 saturated carbocycles. The molecule has 0 aromatic heterocycles. The van der Waals surface area contributed by atoms with E-state index in [1.807, 2.05) is 0 Å². The van der Waals surface area contributed by atoms with Crippen molar-refractivity contribution in [3.05, 3.63) is 0 Å². The number of rotatable bonds is 4. The van der Waals surface area contributed by atoms with E-state index in [4.69, 9.17) is 0 Å². The zero-order valence-corrected chi connectivity index (χ0v) is 9.62. The van der Waals surface area contributed by atoms with E-state index in [9.17, 15) is 0 Å². The van der Waals surface area contributed by atoms with Crippen LogP contribution in [0.2, 0.25) is 0 Å². The van der Waals surface area contributed by atoms with E-state index in [-0.39, 0.29) is 29.6 Å². The molecule has 0 fully saturated rings. The molecule has 0 bridgehead atoms. The normalized spacial score (nSPS) is 9.33. The Kier molecular flexibility index (Phi) is 13.4. The Labute approximate surface area is 85.9 Å². The Morgan fingerprint density at radius 1 is 1.22 bits per heavy atom. The van der Waals surface area contributed by atoms with Gasteiger partial charge in [-0.15, -0.1) is 0 Å². The van der Waals surface area contributed by atoms with E-state index < -0.39 is 0 Å². The minimum absolute atomic E-state index is 0. The molecule has 0 aliphatic carbocycles. The molecule has 0 unspecified atom stereocenters. The maximum atomic E-state index is 4.13. The van der Waals surface area contributed by atoms with Crippen molar-refractivity contribution in [3.63, 3.8) is 0 Å². The number of nitrogens with zero attached hydrogens (tertiary/aromatic N) is 1. The fraction of sp³-hybridized carbons (Fsp3) is 1.00. The molecular formula is C6H15NNaS. The molecule has 0 aliphatic rings. The van der Waals surface area contributed by atoms with E-state index in [1.54, 1.807) is 0 Å². The molecule has 0 spiro atoms. The molecular weight excluding hydrogens is 141 g/mol. The first-order valence-electron chi connectivity index (χ1n) is 3.18. The topological polar surface area (TPSA) is 3.24 Å². The summed E-state index contributed by atoms with van der Waals surface area (Å²) in [5, 5.41) is 0. The van der Waals surface area contributed by atoms with Crippen molar-refractivity contribution in [1.82, 2.24) is 4.90 Å². The summed E-state index contributed by atoms with van der Waals surface area (Å²) in [4.78, 5) is 2.35. The molecule has 1 nitrogen and oxygen atoms in total. The van der Waals surface area contributed by atoms with Crippen LogP contribution in [0.4, 0.5) is 0 Å². The third-order valence-electron chi connectivity index (χ3n) is 1.31. The van der Waals surface area contributed by atoms with Crippen LogP contribution in [0.3, 0.4) is 0 Å². The van der Waals surface area contributed by atoms with E-state index in [1.165, 1.54) is 0 Å². The van der Waals surface area contributed by atoms with Crippen LogP contribution >= 0.6 is 12.6 Å². The monoisotopic (exact) mass is 156 g/mol. The van der Waals surface area contributed by atoms with Gasteiger partial charge in [0.15, 0.2) is 0 Å². The van der Waals surface area contributed by atoms with Crippen LogP contribution in [-0.2, 0) is 0 Å². The summed E-state index contributed by atoms with van der Waals surface area (Å²) in [6, 6.07) is 0. The van der Waals surface area contributed by atoms with Crippen molar-refractivity contribution in [2.45, 2.75) is 13.8 Å². The van der Waals surface area contributed by atoms with E-state index in [0.29, 0.717) is 0 Å². The van der Waals surface area contributed by atoms with Crippen LogP contribution in [0.5, 0.6) is 0 Å². The van der Waals surface area contributed by atoms with Crippen molar-refractivity contribution >= 4 is 42.2 Å². The third-order valence-corrected chi connectivity index (χ3v) is 1.51. The molecule has 9 heavy (non-hydrogen) atoms. The van der Waals surface area contributed by atoms with Gasteiger partial charge in [-0.1, -0.05) is 13.8 Å². The zero-order valence-electron chi connectivity index (χ0n) is 6.72. The molecule has 0 saturated heterocycles. The van der Waals surface area contributed by atoms with E-state index in [2.05, 4.69) is 31.4 Å². The Morgan fingerprint density at radius 3 is 1.78 bits per heavy atom. The van der Waals surface area contributed by atoms with Crippen LogP contribution in [0, 0.1) is 0 Å². The minimum atomic E-state index is 0. The molecule has 1 radical (unpaired) electrons. The maximum Gasteiger partial charge on any atom is 0.00696 e. The van der Waals surface area contributed by atoms with Crippen LogP contribution in [0.1, 0.15) is 13.8 Å². The summed E-state index contributed by atoms with van der Waals surface area (Å²) in [5.41, 5.74) is 0. The van der Waals surface area contributed by atoms with E-state index >= 15 is 0 Å². The van der Waals surface area contributed by atoms with Gasteiger partial charge in [-0.2, -0.15) is 12.6 Å². The molecule has 0 aliphatic heterocycles. The summed E-state index contributed by atoms with van der Waals surface area (Å²) in [5.74, 6) is 0.974. The van der Waals surface area contributed by atoms with Gasteiger partial charge >= 0.3 is 0 Å².